The highest BCUT2D eigenvalue weighted by Crippen LogP contribution is 2.21. The molecule has 0 saturated carbocycles. The molecule has 8 heteroatoms. The fourth-order valence-electron chi connectivity index (χ4n) is 1.75. The van der Waals surface area contributed by atoms with Crippen molar-refractivity contribution < 1.29 is 23.8 Å². The summed E-state index contributed by atoms with van der Waals surface area (Å²) in [5, 5.41) is 9.83. The second-order valence-electron chi connectivity index (χ2n) is 4.42. The van der Waals surface area contributed by atoms with Crippen LogP contribution >= 0.6 is 11.6 Å². The van der Waals surface area contributed by atoms with Crippen molar-refractivity contribution in [2.24, 2.45) is 0 Å². The zero-order valence-electron chi connectivity index (χ0n) is 11.9. The molecule has 0 saturated heterocycles. The Kier molecular flexibility index (Phi) is 5.02. The van der Waals surface area contributed by atoms with Crippen LogP contribution in [0.5, 0.6) is 11.5 Å². The van der Waals surface area contributed by atoms with Gasteiger partial charge in [0.2, 0.25) is 0 Å². The molecule has 0 aliphatic rings. The third-order valence-corrected chi connectivity index (χ3v) is 3.14. The monoisotopic (exact) mass is 338 g/mol. The molecule has 0 radical (unpaired) electrons. The number of ether oxygens (including phenoxy) is 1. The number of phenolic OH excluding ortho intramolecular Hbond substituents is 1. The predicted octanol–water partition coefficient (Wildman–Crippen LogP) is 2.27. The number of nitrogens with one attached hydrogen (secondary N) is 2. The first-order chi connectivity index (χ1) is 10.9. The smallest absolute Gasteiger partial charge is 0.273 e. The molecular weight excluding hydrogens is 327 g/mol. The van der Waals surface area contributed by atoms with Gasteiger partial charge in [-0.3, -0.25) is 20.4 Å². The van der Waals surface area contributed by atoms with E-state index in [1.54, 1.807) is 0 Å². The van der Waals surface area contributed by atoms with Gasteiger partial charge in [-0.15, -0.1) is 0 Å². The van der Waals surface area contributed by atoms with Crippen LogP contribution in [0.1, 0.15) is 20.7 Å². The second-order valence-corrected chi connectivity index (χ2v) is 4.86. The molecular formula is C15H12ClFN2O4. The van der Waals surface area contributed by atoms with E-state index in [0.29, 0.717) is 0 Å². The largest absolute Gasteiger partial charge is 0.507 e. The standard InChI is InChI=1S/C15H12ClFN2O4/c1-23-13-5-2-8(6-11(13)17)14(21)18-19-15(22)10-7-9(16)3-4-12(10)20/h2-7,20H,1H3,(H,18,21)(H,19,22). The average Bonchev–Trinajstić information content (AvgIpc) is 2.54. The summed E-state index contributed by atoms with van der Waals surface area (Å²) in [6, 6.07) is 7.49. The maximum Gasteiger partial charge on any atom is 0.273 e. The molecule has 0 spiro atoms. The second kappa shape index (κ2) is 6.97. The van der Waals surface area contributed by atoms with Crippen LogP contribution < -0.4 is 15.6 Å². The van der Waals surface area contributed by atoms with Crippen LogP contribution in [0.4, 0.5) is 4.39 Å². The molecule has 2 amide bonds. The maximum atomic E-state index is 13.5. The van der Waals surface area contributed by atoms with Gasteiger partial charge in [0, 0.05) is 10.6 Å². The molecule has 0 aliphatic carbocycles. The van der Waals surface area contributed by atoms with E-state index in [2.05, 4.69) is 10.9 Å². The van der Waals surface area contributed by atoms with Crippen molar-refractivity contribution >= 4 is 23.4 Å². The number of carbonyl (C=O) groups excluding carboxylic acids is 2. The van der Waals surface area contributed by atoms with Gasteiger partial charge in [0.25, 0.3) is 11.8 Å². The lowest BCUT2D eigenvalue weighted by Crippen LogP contribution is -2.41. The van der Waals surface area contributed by atoms with Gasteiger partial charge in [-0.1, -0.05) is 11.6 Å². The van der Waals surface area contributed by atoms with Crippen molar-refractivity contribution in [2.75, 3.05) is 7.11 Å². The number of rotatable bonds is 3. The number of halogens is 2. The van der Waals surface area contributed by atoms with Crippen molar-refractivity contribution in [1.82, 2.24) is 10.9 Å². The van der Waals surface area contributed by atoms with E-state index in [9.17, 15) is 19.1 Å². The number of hydrogen-bond acceptors (Lipinski definition) is 4. The van der Waals surface area contributed by atoms with E-state index in [1.165, 1.54) is 37.4 Å². The zero-order valence-corrected chi connectivity index (χ0v) is 12.6. The molecule has 0 aliphatic heterocycles. The summed E-state index contributed by atoms with van der Waals surface area (Å²) in [7, 11) is 1.30. The molecule has 2 rings (SSSR count). The summed E-state index contributed by atoms with van der Waals surface area (Å²) in [4.78, 5) is 23.7. The van der Waals surface area contributed by atoms with Crippen LogP contribution in [-0.4, -0.2) is 24.0 Å². The summed E-state index contributed by atoms with van der Waals surface area (Å²) in [5.41, 5.74) is 4.08. The van der Waals surface area contributed by atoms with Crippen LogP contribution in [0.2, 0.25) is 5.02 Å². The Morgan fingerprint density at radius 1 is 1.13 bits per heavy atom. The number of aromatic hydroxyl groups is 1. The Morgan fingerprint density at radius 2 is 1.83 bits per heavy atom. The van der Waals surface area contributed by atoms with Gasteiger partial charge in [-0.05, 0) is 36.4 Å². The van der Waals surface area contributed by atoms with Gasteiger partial charge in [-0.2, -0.15) is 0 Å². The third-order valence-electron chi connectivity index (χ3n) is 2.91. The Morgan fingerprint density at radius 3 is 2.48 bits per heavy atom. The van der Waals surface area contributed by atoms with Crippen molar-refractivity contribution in [2.45, 2.75) is 0 Å². The van der Waals surface area contributed by atoms with Crippen LogP contribution in [-0.2, 0) is 0 Å². The number of benzene rings is 2. The van der Waals surface area contributed by atoms with E-state index in [0.717, 1.165) is 6.07 Å². The predicted molar refractivity (Wildman–Crippen MR) is 81.0 cm³/mol. The van der Waals surface area contributed by atoms with Gasteiger partial charge >= 0.3 is 0 Å². The van der Waals surface area contributed by atoms with Gasteiger partial charge in [0.15, 0.2) is 11.6 Å². The molecule has 0 fully saturated rings. The minimum atomic E-state index is -0.771. The van der Waals surface area contributed by atoms with Crippen molar-refractivity contribution in [3.05, 3.63) is 58.4 Å². The number of phenols is 1. The Hall–Kier alpha value is -2.80. The number of amides is 2. The van der Waals surface area contributed by atoms with Crippen LogP contribution in [0.15, 0.2) is 36.4 Å². The Bertz CT molecular complexity index is 767. The lowest BCUT2D eigenvalue weighted by molar-refractivity contribution is 0.0844. The fraction of sp³-hybridized carbons (Fsp3) is 0.0667. The molecule has 23 heavy (non-hydrogen) atoms. The lowest BCUT2D eigenvalue weighted by atomic mass is 10.2. The summed E-state index contributed by atoms with van der Waals surface area (Å²) in [5.74, 6) is -2.52. The highest BCUT2D eigenvalue weighted by atomic mass is 35.5. The van der Waals surface area contributed by atoms with E-state index >= 15 is 0 Å². The number of hydrazine groups is 1. The van der Waals surface area contributed by atoms with E-state index in [4.69, 9.17) is 16.3 Å². The normalized spacial score (nSPS) is 10.0. The van der Waals surface area contributed by atoms with Crippen LogP contribution in [0, 0.1) is 5.82 Å². The van der Waals surface area contributed by atoms with Crippen molar-refractivity contribution in [1.29, 1.82) is 0 Å². The number of hydrogen-bond donors (Lipinski definition) is 3. The molecule has 0 bridgehead atoms. The molecule has 6 nitrogen and oxygen atoms in total. The third kappa shape index (κ3) is 3.89. The molecule has 120 valence electrons. The first-order valence-corrected chi connectivity index (χ1v) is 6.73. The SMILES string of the molecule is COc1ccc(C(=O)NNC(=O)c2cc(Cl)ccc2O)cc1F. The fourth-order valence-corrected chi connectivity index (χ4v) is 1.92. The number of carbonyl (C=O) groups is 2. The van der Waals surface area contributed by atoms with E-state index < -0.39 is 17.6 Å². The van der Waals surface area contributed by atoms with E-state index in [-0.39, 0.29) is 27.6 Å². The van der Waals surface area contributed by atoms with Crippen LogP contribution in [0.25, 0.3) is 0 Å². The molecule has 0 heterocycles. The zero-order chi connectivity index (χ0) is 17.0. The maximum absolute atomic E-state index is 13.5. The first kappa shape index (κ1) is 16.6. The number of methoxy groups -OCH3 is 1. The molecule has 0 aromatic heterocycles. The summed E-state index contributed by atoms with van der Waals surface area (Å²) in [6.07, 6.45) is 0. The van der Waals surface area contributed by atoms with Crippen LogP contribution in [0.3, 0.4) is 0 Å². The molecule has 2 aromatic rings. The Balaban J connectivity index is 2.05. The highest BCUT2D eigenvalue weighted by Gasteiger charge is 2.14. The average molecular weight is 339 g/mol. The van der Waals surface area contributed by atoms with Gasteiger partial charge in [0.1, 0.15) is 5.75 Å². The molecule has 0 unspecified atom stereocenters. The Labute approximate surface area is 135 Å². The van der Waals surface area contributed by atoms with E-state index in [1.807, 2.05) is 0 Å². The van der Waals surface area contributed by atoms with Gasteiger partial charge in [-0.25, -0.2) is 4.39 Å². The quantitative estimate of drug-likeness (QED) is 0.749. The summed E-state index contributed by atoms with van der Waals surface area (Å²) in [6.45, 7) is 0. The van der Waals surface area contributed by atoms with Gasteiger partial charge in [0.05, 0.1) is 12.7 Å². The topological polar surface area (TPSA) is 87.7 Å². The van der Waals surface area contributed by atoms with Gasteiger partial charge < -0.3 is 9.84 Å². The first-order valence-electron chi connectivity index (χ1n) is 6.35. The molecule has 2 aromatic carbocycles. The van der Waals surface area contributed by atoms with Crippen molar-refractivity contribution in [3.63, 3.8) is 0 Å². The minimum absolute atomic E-state index is 0.00515. The highest BCUT2D eigenvalue weighted by molar-refractivity contribution is 6.31. The van der Waals surface area contributed by atoms with Crippen molar-refractivity contribution in [3.8, 4) is 11.5 Å². The lowest BCUT2D eigenvalue weighted by Gasteiger charge is -2.09. The minimum Gasteiger partial charge on any atom is -0.507 e. The summed E-state index contributed by atoms with van der Waals surface area (Å²) >= 11 is 5.73. The summed E-state index contributed by atoms with van der Waals surface area (Å²) < 4.78 is 18.3. The molecule has 0 atom stereocenters. The molecule has 3 N–H and O–H groups in total.